The van der Waals surface area contributed by atoms with Gasteiger partial charge in [-0.15, -0.1) is 0 Å². The van der Waals surface area contributed by atoms with Gasteiger partial charge in [-0.05, 0) is 38.9 Å². The molecule has 0 atom stereocenters. The van der Waals surface area contributed by atoms with E-state index in [1.165, 1.54) is 57.8 Å². The van der Waals surface area contributed by atoms with Gasteiger partial charge in [0.15, 0.2) is 5.11 Å². The Morgan fingerprint density at radius 2 is 1.47 bits per heavy atom. The van der Waals surface area contributed by atoms with E-state index in [4.69, 9.17) is 12.2 Å². The lowest BCUT2D eigenvalue weighted by Crippen LogP contribution is -2.48. The number of unbranched alkanes of at least 4 members (excludes halogenated alkanes) is 6. The van der Waals surface area contributed by atoms with Crippen molar-refractivity contribution in [2.75, 3.05) is 6.54 Å². The zero-order valence-corrected chi connectivity index (χ0v) is 14.3. The molecule has 0 aromatic rings. The van der Waals surface area contributed by atoms with Crippen LogP contribution in [0.1, 0.15) is 85.5 Å². The highest BCUT2D eigenvalue weighted by atomic mass is 32.1. The molecule has 2 nitrogen and oxygen atoms in total. The summed E-state index contributed by atoms with van der Waals surface area (Å²) >= 11 is 5.36. The maximum atomic E-state index is 5.36. The molecule has 0 saturated heterocycles. The quantitative estimate of drug-likeness (QED) is 0.422. The third kappa shape index (κ3) is 12.5. The van der Waals surface area contributed by atoms with Gasteiger partial charge in [0.2, 0.25) is 0 Å². The zero-order chi connectivity index (χ0) is 14.6. The first-order chi connectivity index (χ1) is 9.02. The first-order valence-corrected chi connectivity index (χ1v) is 8.48. The second-order valence-electron chi connectivity index (χ2n) is 6.14. The average molecular weight is 287 g/mol. The summed E-state index contributed by atoms with van der Waals surface area (Å²) in [5, 5.41) is 7.58. The molecule has 0 aromatic carbocycles. The topological polar surface area (TPSA) is 24.1 Å². The van der Waals surface area contributed by atoms with Gasteiger partial charge in [0.1, 0.15) is 0 Å². The van der Waals surface area contributed by atoms with Gasteiger partial charge in [-0.2, -0.15) is 0 Å². The summed E-state index contributed by atoms with van der Waals surface area (Å²) in [6.07, 6.45) is 11.6. The fourth-order valence-electron chi connectivity index (χ4n) is 2.16. The van der Waals surface area contributed by atoms with E-state index in [-0.39, 0.29) is 5.54 Å². The molecule has 3 heteroatoms. The largest absolute Gasteiger partial charge is 0.363 e. The first kappa shape index (κ1) is 18.7. The van der Waals surface area contributed by atoms with Crippen molar-refractivity contribution >= 4 is 17.3 Å². The van der Waals surface area contributed by atoms with Crippen LogP contribution in [0.3, 0.4) is 0 Å². The van der Waals surface area contributed by atoms with E-state index in [1.807, 2.05) is 0 Å². The van der Waals surface area contributed by atoms with Crippen LogP contribution in [0.15, 0.2) is 0 Å². The normalized spacial score (nSPS) is 11.4. The fraction of sp³-hybridized carbons (Fsp3) is 0.938. The number of thiocarbonyl (C=S) groups is 1. The van der Waals surface area contributed by atoms with E-state index >= 15 is 0 Å². The van der Waals surface area contributed by atoms with Crippen LogP contribution >= 0.6 is 12.2 Å². The standard InChI is InChI=1S/C16H34N2S/c1-5-7-9-10-12-14-17-15(19)18-16(3,4)13-11-8-6-2/h5-14H2,1-4H3,(H2,17,18,19). The van der Waals surface area contributed by atoms with E-state index in [9.17, 15) is 0 Å². The van der Waals surface area contributed by atoms with E-state index < -0.39 is 0 Å². The van der Waals surface area contributed by atoms with Crippen molar-refractivity contribution in [1.82, 2.24) is 10.6 Å². The number of hydrogen-bond acceptors (Lipinski definition) is 1. The maximum Gasteiger partial charge on any atom is 0.166 e. The summed E-state index contributed by atoms with van der Waals surface area (Å²) in [4.78, 5) is 0. The fourth-order valence-corrected chi connectivity index (χ4v) is 2.54. The third-order valence-corrected chi connectivity index (χ3v) is 3.67. The molecule has 0 spiro atoms. The van der Waals surface area contributed by atoms with Crippen molar-refractivity contribution in [3.05, 3.63) is 0 Å². The predicted molar refractivity (Wildman–Crippen MR) is 90.7 cm³/mol. The minimum absolute atomic E-state index is 0.113. The Balaban J connectivity index is 3.60. The van der Waals surface area contributed by atoms with E-state index in [0.717, 1.165) is 11.7 Å². The third-order valence-electron chi connectivity index (χ3n) is 3.42. The predicted octanol–water partition coefficient (Wildman–Crippen LogP) is 4.78. The Hall–Kier alpha value is -0.310. The van der Waals surface area contributed by atoms with Crippen LogP contribution in [0, 0.1) is 0 Å². The van der Waals surface area contributed by atoms with Gasteiger partial charge in [0, 0.05) is 12.1 Å². The lowest BCUT2D eigenvalue weighted by molar-refractivity contribution is 0.402. The van der Waals surface area contributed by atoms with E-state index in [1.54, 1.807) is 0 Å². The summed E-state index contributed by atoms with van der Waals surface area (Å²) < 4.78 is 0. The number of rotatable bonds is 11. The maximum absolute atomic E-state index is 5.36. The average Bonchev–Trinajstić information content (AvgIpc) is 2.33. The van der Waals surface area contributed by atoms with Crippen LogP contribution in [0.4, 0.5) is 0 Å². The van der Waals surface area contributed by atoms with Crippen LogP contribution in [0.25, 0.3) is 0 Å². The summed E-state index contributed by atoms with van der Waals surface area (Å²) in [6.45, 7) is 9.96. The van der Waals surface area contributed by atoms with Crippen molar-refractivity contribution in [3.63, 3.8) is 0 Å². The Kier molecular flexibility index (Phi) is 11.3. The van der Waals surface area contributed by atoms with E-state index in [0.29, 0.717) is 0 Å². The molecule has 0 aliphatic carbocycles. The molecule has 0 bridgehead atoms. The molecule has 114 valence electrons. The van der Waals surface area contributed by atoms with Crippen LogP contribution in [0.5, 0.6) is 0 Å². The molecule has 0 amide bonds. The van der Waals surface area contributed by atoms with Crippen LogP contribution in [-0.2, 0) is 0 Å². The van der Waals surface area contributed by atoms with Crippen LogP contribution in [0.2, 0.25) is 0 Å². The Morgan fingerprint density at radius 1 is 0.895 bits per heavy atom. The molecule has 0 radical (unpaired) electrons. The lowest BCUT2D eigenvalue weighted by Gasteiger charge is -2.28. The van der Waals surface area contributed by atoms with Gasteiger partial charge < -0.3 is 10.6 Å². The second kappa shape index (κ2) is 11.5. The second-order valence-corrected chi connectivity index (χ2v) is 6.54. The molecule has 19 heavy (non-hydrogen) atoms. The monoisotopic (exact) mass is 286 g/mol. The highest BCUT2D eigenvalue weighted by Crippen LogP contribution is 2.13. The lowest BCUT2D eigenvalue weighted by atomic mass is 9.97. The van der Waals surface area contributed by atoms with Gasteiger partial charge in [-0.1, -0.05) is 58.8 Å². The molecule has 0 unspecified atom stereocenters. The van der Waals surface area contributed by atoms with Crippen LogP contribution in [-0.4, -0.2) is 17.2 Å². The zero-order valence-electron chi connectivity index (χ0n) is 13.5. The highest BCUT2D eigenvalue weighted by Gasteiger charge is 2.17. The van der Waals surface area contributed by atoms with Gasteiger partial charge in [0.05, 0.1) is 0 Å². The highest BCUT2D eigenvalue weighted by molar-refractivity contribution is 7.80. The molecule has 0 aromatic heterocycles. The van der Waals surface area contributed by atoms with E-state index in [2.05, 4.69) is 38.3 Å². The van der Waals surface area contributed by atoms with Gasteiger partial charge >= 0.3 is 0 Å². The molecule has 2 N–H and O–H groups in total. The van der Waals surface area contributed by atoms with Crippen molar-refractivity contribution in [2.45, 2.75) is 91.0 Å². The Bertz CT molecular complexity index is 227. The van der Waals surface area contributed by atoms with Crippen molar-refractivity contribution < 1.29 is 0 Å². The molecule has 0 heterocycles. The minimum Gasteiger partial charge on any atom is -0.363 e. The number of hydrogen-bond donors (Lipinski definition) is 2. The van der Waals surface area contributed by atoms with Gasteiger partial charge in [-0.3, -0.25) is 0 Å². The Labute approximate surface area is 126 Å². The van der Waals surface area contributed by atoms with Crippen molar-refractivity contribution in [1.29, 1.82) is 0 Å². The first-order valence-electron chi connectivity index (χ1n) is 8.08. The summed E-state index contributed by atoms with van der Waals surface area (Å²) in [5.74, 6) is 0. The molecule has 0 fully saturated rings. The van der Waals surface area contributed by atoms with Gasteiger partial charge in [-0.25, -0.2) is 0 Å². The molecular weight excluding hydrogens is 252 g/mol. The smallest absolute Gasteiger partial charge is 0.166 e. The van der Waals surface area contributed by atoms with Crippen molar-refractivity contribution in [3.8, 4) is 0 Å². The molecule has 0 aliphatic rings. The molecular formula is C16H34N2S. The minimum atomic E-state index is 0.113. The summed E-state index contributed by atoms with van der Waals surface area (Å²) in [6, 6.07) is 0. The number of nitrogens with one attached hydrogen (secondary N) is 2. The molecule has 0 rings (SSSR count). The SMILES string of the molecule is CCCCCCCNC(=S)NC(C)(C)CCCCC. The van der Waals surface area contributed by atoms with Crippen molar-refractivity contribution in [2.24, 2.45) is 0 Å². The Morgan fingerprint density at radius 3 is 2.11 bits per heavy atom. The molecule has 0 saturated carbocycles. The summed E-state index contributed by atoms with van der Waals surface area (Å²) in [7, 11) is 0. The summed E-state index contributed by atoms with van der Waals surface area (Å²) in [5.41, 5.74) is 0.113. The van der Waals surface area contributed by atoms with Gasteiger partial charge in [0.25, 0.3) is 0 Å². The van der Waals surface area contributed by atoms with Crippen LogP contribution < -0.4 is 10.6 Å². The molecule has 0 aliphatic heterocycles.